The smallest absolute Gasteiger partial charge is 0.374 e. The lowest BCUT2D eigenvalue weighted by Crippen LogP contribution is -2.39. The van der Waals surface area contributed by atoms with E-state index >= 15 is 0 Å². The van der Waals surface area contributed by atoms with E-state index in [9.17, 15) is 22.8 Å². The Bertz CT molecular complexity index is 892. The Morgan fingerprint density at radius 3 is 2.62 bits per heavy atom. The molecule has 1 heterocycles. The summed E-state index contributed by atoms with van der Waals surface area (Å²) in [5.41, 5.74) is -2.81. The average Bonchev–Trinajstić information content (AvgIpc) is 2.57. The summed E-state index contributed by atoms with van der Waals surface area (Å²) in [6.45, 7) is 3.77. The molecule has 0 aliphatic rings. The molecule has 0 amide bonds. The minimum absolute atomic E-state index is 0.0277. The van der Waals surface area contributed by atoms with E-state index in [0.717, 1.165) is 36.9 Å². The Morgan fingerprint density at radius 1 is 1.35 bits per heavy atom. The molecule has 26 heavy (non-hydrogen) atoms. The fourth-order valence-corrected chi connectivity index (χ4v) is 2.88. The van der Waals surface area contributed by atoms with Crippen LogP contribution in [0.4, 0.5) is 13.2 Å². The number of benzene rings is 1. The summed E-state index contributed by atoms with van der Waals surface area (Å²) < 4.78 is 46.6. The molecule has 1 atom stereocenters. The Morgan fingerprint density at radius 2 is 2.04 bits per heavy atom. The van der Waals surface area contributed by atoms with E-state index in [0.29, 0.717) is 11.3 Å². The highest BCUT2D eigenvalue weighted by molar-refractivity contribution is 7.99. The summed E-state index contributed by atoms with van der Waals surface area (Å²) >= 11 is 1.01. The minimum Gasteiger partial charge on any atom is -0.374 e. The zero-order chi connectivity index (χ0) is 19.5. The third-order valence-corrected chi connectivity index (χ3v) is 4.22. The molecule has 6 nitrogen and oxygen atoms in total. The molecule has 0 saturated carbocycles. The van der Waals surface area contributed by atoms with Gasteiger partial charge in [0, 0.05) is 12.9 Å². The molecule has 1 aromatic heterocycles. The van der Waals surface area contributed by atoms with Crippen molar-refractivity contribution in [2.45, 2.75) is 39.0 Å². The number of hydrogen-bond donors (Lipinski definition) is 2. The Labute approximate surface area is 151 Å². The fraction of sp³-hybridized carbons (Fsp3) is 0.500. The zero-order valence-corrected chi connectivity index (χ0v) is 15.4. The number of unbranched alkanes of at least 4 members (excludes halogenated alkanes) is 1. The molecule has 1 aromatic carbocycles. The van der Waals surface area contributed by atoms with Gasteiger partial charge in [0.25, 0.3) is 5.56 Å². The second kappa shape index (κ2) is 8.17. The van der Waals surface area contributed by atoms with Crippen LogP contribution in [0.5, 0.6) is 0 Å². The first-order valence-electron chi connectivity index (χ1n) is 8.01. The molecule has 0 bridgehead atoms. The number of halogens is 3. The highest BCUT2D eigenvalue weighted by atomic mass is 32.2. The first-order valence-corrected chi connectivity index (χ1v) is 9.24. The molecule has 0 saturated heterocycles. The summed E-state index contributed by atoms with van der Waals surface area (Å²) in [4.78, 5) is 29.2. The van der Waals surface area contributed by atoms with Gasteiger partial charge in [0.15, 0.2) is 0 Å². The first kappa shape index (κ1) is 20.4. The SMILES string of the molecule is CCCCOC(C)c1cc2c(=O)n(NSC)c(=O)[nH]c2cc1C(F)(F)F. The van der Waals surface area contributed by atoms with Crippen molar-refractivity contribution in [2.24, 2.45) is 0 Å². The van der Waals surface area contributed by atoms with E-state index < -0.39 is 29.1 Å². The van der Waals surface area contributed by atoms with Crippen LogP contribution in [-0.2, 0) is 10.9 Å². The number of fused-ring (bicyclic) bond motifs is 1. The summed E-state index contributed by atoms with van der Waals surface area (Å²) in [7, 11) is 0. The topological polar surface area (TPSA) is 76.1 Å². The molecule has 0 aliphatic heterocycles. The van der Waals surface area contributed by atoms with Gasteiger partial charge in [-0.1, -0.05) is 13.3 Å². The lowest BCUT2D eigenvalue weighted by Gasteiger charge is -2.20. The van der Waals surface area contributed by atoms with Crippen LogP contribution >= 0.6 is 11.9 Å². The lowest BCUT2D eigenvalue weighted by molar-refractivity contribution is -0.139. The predicted octanol–water partition coefficient (Wildman–Crippen LogP) is 3.41. The highest BCUT2D eigenvalue weighted by Gasteiger charge is 2.35. The summed E-state index contributed by atoms with van der Waals surface area (Å²) in [5.74, 6) is 0. The van der Waals surface area contributed by atoms with Crippen LogP contribution in [0.2, 0.25) is 0 Å². The van der Waals surface area contributed by atoms with Gasteiger partial charge in [-0.05, 0) is 43.0 Å². The molecular weight excluding hydrogens is 371 g/mol. The summed E-state index contributed by atoms with van der Waals surface area (Å²) in [5, 5.41) is -0.0277. The van der Waals surface area contributed by atoms with Crippen molar-refractivity contribution in [3.05, 3.63) is 44.1 Å². The summed E-state index contributed by atoms with van der Waals surface area (Å²) in [6.07, 6.45) is -2.32. The molecule has 144 valence electrons. The van der Waals surface area contributed by atoms with Gasteiger partial charge in [0.05, 0.1) is 22.6 Å². The zero-order valence-electron chi connectivity index (χ0n) is 14.6. The third kappa shape index (κ3) is 4.24. The maximum absolute atomic E-state index is 13.5. The minimum atomic E-state index is -4.64. The van der Waals surface area contributed by atoms with Crippen LogP contribution in [0.1, 0.15) is 43.9 Å². The van der Waals surface area contributed by atoms with Crippen molar-refractivity contribution < 1.29 is 17.9 Å². The van der Waals surface area contributed by atoms with Crippen molar-refractivity contribution in [2.75, 3.05) is 17.7 Å². The van der Waals surface area contributed by atoms with E-state index in [1.165, 1.54) is 6.92 Å². The van der Waals surface area contributed by atoms with Crippen LogP contribution in [-0.4, -0.2) is 22.5 Å². The van der Waals surface area contributed by atoms with Crippen molar-refractivity contribution in [1.82, 2.24) is 9.66 Å². The normalized spacial score (nSPS) is 13.2. The Balaban J connectivity index is 2.68. The Kier molecular flexibility index (Phi) is 6.40. The number of nitrogens with zero attached hydrogens (tertiary/aromatic N) is 1. The van der Waals surface area contributed by atoms with Gasteiger partial charge < -0.3 is 9.72 Å². The first-order chi connectivity index (χ1) is 12.2. The average molecular weight is 391 g/mol. The molecule has 2 rings (SSSR count). The van der Waals surface area contributed by atoms with E-state index in [1.807, 2.05) is 6.92 Å². The van der Waals surface area contributed by atoms with Crippen LogP contribution in [0.15, 0.2) is 21.7 Å². The van der Waals surface area contributed by atoms with Gasteiger partial charge in [-0.2, -0.15) is 17.8 Å². The van der Waals surface area contributed by atoms with Gasteiger partial charge in [-0.25, -0.2) is 4.79 Å². The van der Waals surface area contributed by atoms with E-state index in [2.05, 4.69) is 9.82 Å². The Hall–Kier alpha value is -1.94. The number of aromatic amines is 1. The van der Waals surface area contributed by atoms with E-state index in [1.54, 1.807) is 6.26 Å². The largest absolute Gasteiger partial charge is 0.416 e. The molecule has 0 aliphatic carbocycles. The molecule has 0 spiro atoms. The summed E-state index contributed by atoms with van der Waals surface area (Å²) in [6, 6.07) is 1.93. The van der Waals surface area contributed by atoms with Crippen molar-refractivity contribution >= 4 is 22.9 Å². The molecule has 0 fully saturated rings. The number of nitrogens with one attached hydrogen (secondary N) is 2. The number of H-pyrrole nitrogens is 1. The predicted molar refractivity (Wildman–Crippen MR) is 96.0 cm³/mol. The quantitative estimate of drug-likeness (QED) is 0.559. The lowest BCUT2D eigenvalue weighted by atomic mass is 10.00. The standard InChI is InChI=1S/C16H20F3N3O3S/c1-4-5-6-25-9(2)10-7-11-13(8-12(10)16(17,18)19)20-15(24)22(14(11)23)21-26-3/h7-9,21H,4-6H2,1-3H3,(H,20,24). The molecule has 2 N–H and O–H groups in total. The molecule has 1 unspecified atom stereocenters. The van der Waals surface area contributed by atoms with Gasteiger partial charge in [0.2, 0.25) is 0 Å². The van der Waals surface area contributed by atoms with Crippen LogP contribution < -0.4 is 16.1 Å². The molecule has 0 radical (unpaired) electrons. The second-order valence-corrected chi connectivity index (χ2v) is 6.31. The van der Waals surface area contributed by atoms with Gasteiger partial charge in [-0.15, -0.1) is 0 Å². The number of rotatable bonds is 7. The van der Waals surface area contributed by atoms with E-state index in [4.69, 9.17) is 4.74 Å². The van der Waals surface area contributed by atoms with Gasteiger partial charge in [0.1, 0.15) is 0 Å². The number of alkyl halides is 3. The van der Waals surface area contributed by atoms with Gasteiger partial charge >= 0.3 is 11.9 Å². The number of aromatic nitrogens is 2. The van der Waals surface area contributed by atoms with Crippen LogP contribution in [0.3, 0.4) is 0 Å². The monoisotopic (exact) mass is 391 g/mol. The maximum Gasteiger partial charge on any atom is 0.416 e. The van der Waals surface area contributed by atoms with Crippen molar-refractivity contribution in [1.29, 1.82) is 0 Å². The third-order valence-electron chi connectivity index (χ3n) is 3.86. The molecule has 10 heteroatoms. The second-order valence-electron chi connectivity index (χ2n) is 5.72. The van der Waals surface area contributed by atoms with Crippen molar-refractivity contribution in [3.8, 4) is 0 Å². The number of hydrogen-bond acceptors (Lipinski definition) is 5. The number of ether oxygens (including phenoxy) is 1. The maximum atomic E-state index is 13.5. The highest BCUT2D eigenvalue weighted by Crippen LogP contribution is 2.37. The van der Waals surface area contributed by atoms with Crippen molar-refractivity contribution in [3.63, 3.8) is 0 Å². The van der Waals surface area contributed by atoms with Crippen LogP contribution in [0.25, 0.3) is 10.9 Å². The fourth-order valence-electron chi connectivity index (χ4n) is 2.53. The van der Waals surface area contributed by atoms with E-state index in [-0.39, 0.29) is 16.5 Å². The van der Waals surface area contributed by atoms with Crippen LogP contribution in [0, 0.1) is 0 Å². The molecule has 2 aromatic rings. The van der Waals surface area contributed by atoms with Gasteiger partial charge in [-0.3, -0.25) is 9.63 Å². The molecular formula is C16H20F3N3O3S.